The normalized spacial score (nSPS) is 10.4. The van der Waals surface area contributed by atoms with Gasteiger partial charge in [0.2, 0.25) is 0 Å². The molecule has 0 saturated heterocycles. The number of amides is 1. The van der Waals surface area contributed by atoms with Crippen LogP contribution < -0.4 is 5.73 Å². The van der Waals surface area contributed by atoms with Crippen LogP contribution in [-0.2, 0) is 6.42 Å². The van der Waals surface area contributed by atoms with Crippen LogP contribution in [0.5, 0.6) is 0 Å². The molecule has 0 spiro atoms. The summed E-state index contributed by atoms with van der Waals surface area (Å²) in [6, 6.07) is 11.8. The van der Waals surface area contributed by atoms with Gasteiger partial charge in [-0.1, -0.05) is 30.3 Å². The number of aromatic amines is 1. The number of aromatic nitrogens is 2. The molecular weight excluding hydrogens is 240 g/mol. The van der Waals surface area contributed by atoms with E-state index in [9.17, 15) is 4.79 Å². The number of nitrogens with one attached hydrogen (secondary N) is 1. The second kappa shape index (κ2) is 6.04. The number of anilines is 1. The van der Waals surface area contributed by atoms with Crippen LogP contribution in [0.1, 0.15) is 22.5 Å². The zero-order valence-corrected chi connectivity index (χ0v) is 11.0. The summed E-state index contributed by atoms with van der Waals surface area (Å²) in [4.78, 5) is 13.7. The number of aryl methyl sites for hydroxylation is 1. The second-order valence-electron chi connectivity index (χ2n) is 4.52. The Kier molecular flexibility index (Phi) is 4.18. The van der Waals surface area contributed by atoms with Crippen molar-refractivity contribution >= 4 is 11.7 Å². The molecule has 0 bridgehead atoms. The Morgan fingerprint density at radius 3 is 2.74 bits per heavy atom. The fourth-order valence-electron chi connectivity index (χ4n) is 1.92. The number of hydrogen-bond acceptors (Lipinski definition) is 3. The number of nitrogen functional groups attached to an aromatic ring is 1. The van der Waals surface area contributed by atoms with Crippen LogP contribution in [-0.4, -0.2) is 34.6 Å². The molecule has 19 heavy (non-hydrogen) atoms. The Morgan fingerprint density at radius 2 is 2.11 bits per heavy atom. The van der Waals surface area contributed by atoms with E-state index in [1.54, 1.807) is 18.0 Å². The summed E-state index contributed by atoms with van der Waals surface area (Å²) in [5.74, 6) is 0.248. The summed E-state index contributed by atoms with van der Waals surface area (Å²) in [5.41, 5.74) is 7.20. The van der Waals surface area contributed by atoms with Gasteiger partial charge in [0.15, 0.2) is 0 Å². The first-order chi connectivity index (χ1) is 9.16. The largest absolute Gasteiger partial charge is 0.382 e. The molecule has 2 aromatic rings. The molecular formula is C14H18N4O. The zero-order chi connectivity index (χ0) is 13.7. The first kappa shape index (κ1) is 13.1. The predicted molar refractivity (Wildman–Crippen MR) is 74.7 cm³/mol. The van der Waals surface area contributed by atoms with E-state index in [1.807, 2.05) is 18.2 Å². The van der Waals surface area contributed by atoms with E-state index in [0.717, 1.165) is 12.8 Å². The van der Waals surface area contributed by atoms with Crippen molar-refractivity contribution in [2.75, 3.05) is 19.3 Å². The maximum Gasteiger partial charge on any atom is 0.271 e. The molecule has 0 fully saturated rings. The van der Waals surface area contributed by atoms with Gasteiger partial charge in [-0.05, 0) is 18.4 Å². The van der Waals surface area contributed by atoms with Gasteiger partial charge in [-0.2, -0.15) is 5.10 Å². The highest BCUT2D eigenvalue weighted by molar-refractivity contribution is 5.92. The highest BCUT2D eigenvalue weighted by Gasteiger charge is 2.13. The van der Waals surface area contributed by atoms with Crippen LogP contribution in [0.3, 0.4) is 0 Å². The van der Waals surface area contributed by atoms with Crippen molar-refractivity contribution in [2.24, 2.45) is 0 Å². The Labute approximate surface area is 112 Å². The number of H-pyrrole nitrogens is 1. The van der Waals surface area contributed by atoms with Gasteiger partial charge < -0.3 is 10.6 Å². The van der Waals surface area contributed by atoms with Gasteiger partial charge in [0, 0.05) is 19.7 Å². The van der Waals surface area contributed by atoms with E-state index in [1.165, 1.54) is 5.56 Å². The van der Waals surface area contributed by atoms with Crippen molar-refractivity contribution in [3.05, 3.63) is 47.7 Å². The first-order valence-electron chi connectivity index (χ1n) is 6.27. The van der Waals surface area contributed by atoms with Crippen LogP contribution in [0.15, 0.2) is 36.4 Å². The molecule has 0 atom stereocenters. The topological polar surface area (TPSA) is 75.0 Å². The predicted octanol–water partition coefficient (Wildman–Crippen LogP) is 1.70. The van der Waals surface area contributed by atoms with Gasteiger partial charge in [0.1, 0.15) is 11.5 Å². The van der Waals surface area contributed by atoms with E-state index in [4.69, 9.17) is 5.73 Å². The van der Waals surface area contributed by atoms with Gasteiger partial charge in [-0.3, -0.25) is 9.89 Å². The van der Waals surface area contributed by atoms with Crippen LogP contribution in [0, 0.1) is 0 Å². The van der Waals surface area contributed by atoms with Gasteiger partial charge in [0.25, 0.3) is 5.91 Å². The molecule has 100 valence electrons. The number of carbonyl (C=O) groups is 1. The fourth-order valence-corrected chi connectivity index (χ4v) is 1.92. The summed E-state index contributed by atoms with van der Waals surface area (Å²) < 4.78 is 0. The van der Waals surface area contributed by atoms with E-state index in [2.05, 4.69) is 22.3 Å². The molecule has 0 aliphatic heterocycles. The standard InChI is InChI=1S/C14H18N4O/c1-18(14(19)12-10-13(15)17-16-12)9-5-8-11-6-3-2-4-7-11/h2-4,6-7,10H,5,8-9H2,1H3,(H3,15,16,17). The lowest BCUT2D eigenvalue weighted by atomic mass is 10.1. The lowest BCUT2D eigenvalue weighted by Crippen LogP contribution is -2.28. The van der Waals surface area contributed by atoms with E-state index < -0.39 is 0 Å². The third-order valence-electron chi connectivity index (χ3n) is 2.98. The monoisotopic (exact) mass is 258 g/mol. The van der Waals surface area contributed by atoms with E-state index >= 15 is 0 Å². The second-order valence-corrected chi connectivity index (χ2v) is 4.52. The van der Waals surface area contributed by atoms with Crippen LogP contribution >= 0.6 is 0 Å². The summed E-state index contributed by atoms with van der Waals surface area (Å²) in [7, 11) is 1.78. The maximum absolute atomic E-state index is 12.0. The van der Waals surface area contributed by atoms with Gasteiger partial charge in [-0.25, -0.2) is 0 Å². The molecule has 0 unspecified atom stereocenters. The van der Waals surface area contributed by atoms with Gasteiger partial charge >= 0.3 is 0 Å². The van der Waals surface area contributed by atoms with Crippen molar-refractivity contribution in [3.63, 3.8) is 0 Å². The highest BCUT2D eigenvalue weighted by atomic mass is 16.2. The summed E-state index contributed by atoms with van der Waals surface area (Å²) in [6.45, 7) is 0.701. The third kappa shape index (κ3) is 3.58. The average molecular weight is 258 g/mol. The van der Waals surface area contributed by atoms with Gasteiger partial charge in [0.05, 0.1) is 0 Å². The van der Waals surface area contributed by atoms with Crippen LogP contribution in [0.25, 0.3) is 0 Å². The summed E-state index contributed by atoms with van der Waals surface area (Å²) in [6.07, 6.45) is 1.89. The molecule has 0 saturated carbocycles. The molecule has 0 radical (unpaired) electrons. The molecule has 0 aliphatic rings. The number of hydrogen-bond donors (Lipinski definition) is 2. The van der Waals surface area contributed by atoms with Crippen LogP contribution in [0.4, 0.5) is 5.82 Å². The van der Waals surface area contributed by atoms with Crippen LogP contribution in [0.2, 0.25) is 0 Å². The smallest absolute Gasteiger partial charge is 0.271 e. The number of nitrogens with two attached hydrogens (primary N) is 1. The molecule has 5 heteroatoms. The number of nitrogens with zero attached hydrogens (tertiary/aromatic N) is 2. The Hall–Kier alpha value is -2.30. The van der Waals surface area contributed by atoms with Crippen molar-refractivity contribution in [1.82, 2.24) is 15.1 Å². The van der Waals surface area contributed by atoms with Crippen molar-refractivity contribution in [2.45, 2.75) is 12.8 Å². The number of benzene rings is 1. The van der Waals surface area contributed by atoms with Crippen molar-refractivity contribution < 1.29 is 4.79 Å². The number of rotatable bonds is 5. The first-order valence-corrected chi connectivity index (χ1v) is 6.27. The minimum absolute atomic E-state index is 0.0859. The minimum Gasteiger partial charge on any atom is -0.382 e. The van der Waals surface area contributed by atoms with E-state index in [0.29, 0.717) is 18.1 Å². The fraction of sp³-hybridized carbons (Fsp3) is 0.286. The number of carbonyl (C=O) groups excluding carboxylic acids is 1. The average Bonchev–Trinajstić information content (AvgIpc) is 2.85. The summed E-state index contributed by atoms with van der Waals surface area (Å²) >= 11 is 0. The lowest BCUT2D eigenvalue weighted by Gasteiger charge is -2.15. The Bertz CT molecular complexity index is 535. The molecule has 1 heterocycles. The van der Waals surface area contributed by atoms with E-state index in [-0.39, 0.29) is 5.91 Å². The highest BCUT2D eigenvalue weighted by Crippen LogP contribution is 2.06. The molecule has 1 aromatic heterocycles. The van der Waals surface area contributed by atoms with Crippen molar-refractivity contribution in [1.29, 1.82) is 0 Å². The molecule has 3 N–H and O–H groups in total. The molecule has 1 aromatic carbocycles. The molecule has 1 amide bonds. The maximum atomic E-state index is 12.0. The Balaban J connectivity index is 1.81. The summed E-state index contributed by atoms with van der Waals surface area (Å²) in [5, 5.41) is 6.38. The van der Waals surface area contributed by atoms with Crippen molar-refractivity contribution in [3.8, 4) is 0 Å². The molecule has 2 rings (SSSR count). The molecule has 0 aliphatic carbocycles. The van der Waals surface area contributed by atoms with Gasteiger partial charge in [-0.15, -0.1) is 0 Å². The quantitative estimate of drug-likeness (QED) is 0.857. The zero-order valence-electron chi connectivity index (χ0n) is 11.0. The third-order valence-corrected chi connectivity index (χ3v) is 2.98. The minimum atomic E-state index is -0.0859. The Morgan fingerprint density at radius 1 is 1.37 bits per heavy atom. The SMILES string of the molecule is CN(CCCc1ccccc1)C(=O)c1cc(N)n[nH]1. The molecule has 5 nitrogen and oxygen atoms in total. The lowest BCUT2D eigenvalue weighted by molar-refractivity contribution is 0.0788.